The number of hydrogen-bond acceptors (Lipinski definition) is 2. The summed E-state index contributed by atoms with van der Waals surface area (Å²) in [6, 6.07) is 48.2. The smallest absolute Gasteiger partial charge is 0.160 e. The molecule has 0 radical (unpaired) electrons. The second-order valence-electron chi connectivity index (χ2n) is 8.86. The highest BCUT2D eigenvalue weighted by atomic mass is 79.9. The first-order valence-corrected chi connectivity index (χ1v) is 13.0. The largest absolute Gasteiger partial charge is 0.228 e. The van der Waals surface area contributed by atoms with Crippen molar-refractivity contribution in [1.29, 1.82) is 0 Å². The second-order valence-corrected chi connectivity index (χ2v) is 9.77. The van der Waals surface area contributed by atoms with E-state index < -0.39 is 0 Å². The van der Waals surface area contributed by atoms with Crippen molar-refractivity contribution in [3.63, 3.8) is 0 Å². The van der Waals surface area contributed by atoms with Crippen molar-refractivity contribution < 1.29 is 0 Å². The van der Waals surface area contributed by atoms with E-state index in [1.165, 1.54) is 16.7 Å². The van der Waals surface area contributed by atoms with Gasteiger partial charge in [-0.25, -0.2) is 9.97 Å². The van der Waals surface area contributed by atoms with Gasteiger partial charge in [-0.15, -0.1) is 0 Å². The monoisotopic (exact) mass is 538 g/mol. The molecule has 0 atom stereocenters. The molecule has 2 nitrogen and oxygen atoms in total. The highest BCUT2D eigenvalue weighted by Crippen LogP contribution is 2.31. The van der Waals surface area contributed by atoms with Gasteiger partial charge >= 0.3 is 0 Å². The summed E-state index contributed by atoms with van der Waals surface area (Å²) in [7, 11) is 0. The summed E-state index contributed by atoms with van der Waals surface area (Å²) in [5.41, 5.74) is 9.61. The van der Waals surface area contributed by atoms with Crippen LogP contribution in [-0.4, -0.2) is 9.97 Å². The van der Waals surface area contributed by atoms with Crippen LogP contribution >= 0.6 is 15.9 Å². The summed E-state index contributed by atoms with van der Waals surface area (Å²) < 4.78 is 1.07. The summed E-state index contributed by atoms with van der Waals surface area (Å²) in [6.45, 7) is 0. The van der Waals surface area contributed by atoms with Crippen molar-refractivity contribution in [1.82, 2.24) is 9.97 Å². The van der Waals surface area contributed by atoms with Gasteiger partial charge in [0.1, 0.15) is 0 Å². The zero-order valence-electron chi connectivity index (χ0n) is 20.1. The first-order valence-electron chi connectivity index (χ1n) is 12.2. The number of nitrogens with zero attached hydrogens (tertiary/aromatic N) is 2. The molecule has 6 aromatic rings. The molecule has 0 N–H and O–H groups in total. The molecule has 0 spiro atoms. The summed E-state index contributed by atoms with van der Waals surface area (Å²) >= 11 is 3.53. The first kappa shape index (κ1) is 23.1. The third-order valence-corrected chi connectivity index (χ3v) is 6.91. The minimum Gasteiger partial charge on any atom is -0.228 e. The van der Waals surface area contributed by atoms with Gasteiger partial charge in [0.05, 0.1) is 11.4 Å². The van der Waals surface area contributed by atoms with Crippen LogP contribution in [0.3, 0.4) is 0 Å². The predicted octanol–water partition coefficient (Wildman–Crippen LogP) is 9.57. The molecule has 3 heteroatoms. The third-order valence-electron chi connectivity index (χ3n) is 6.38. The van der Waals surface area contributed by atoms with Crippen molar-refractivity contribution in [3.8, 4) is 56.2 Å². The lowest BCUT2D eigenvalue weighted by atomic mass is 9.99. The molecule has 5 aromatic carbocycles. The zero-order valence-corrected chi connectivity index (χ0v) is 21.6. The van der Waals surface area contributed by atoms with Gasteiger partial charge in [0.15, 0.2) is 5.82 Å². The minimum absolute atomic E-state index is 0.717. The highest BCUT2D eigenvalue weighted by Gasteiger charge is 2.12. The highest BCUT2D eigenvalue weighted by molar-refractivity contribution is 9.10. The van der Waals surface area contributed by atoms with Crippen LogP contribution in [0.2, 0.25) is 0 Å². The SMILES string of the molecule is Brc1ccc(-c2cccc(-c3cc(-c4ccc(-c5ccccc5)cc4)nc(-c4ccccc4)n3)c2)cc1. The Bertz CT molecular complexity index is 1640. The van der Waals surface area contributed by atoms with E-state index in [9.17, 15) is 0 Å². The molecule has 0 unspecified atom stereocenters. The number of benzene rings is 5. The molecule has 1 heterocycles. The fourth-order valence-corrected chi connectivity index (χ4v) is 4.69. The molecule has 0 saturated carbocycles. The number of rotatable bonds is 5. The van der Waals surface area contributed by atoms with Crippen LogP contribution in [0.4, 0.5) is 0 Å². The topological polar surface area (TPSA) is 25.8 Å². The quantitative estimate of drug-likeness (QED) is 0.218. The standard InChI is InChI=1S/C34H23BrN2/c35-31-20-18-26(19-21-31)29-12-7-13-30(22-29)33-23-32(36-34(37-33)28-10-5-2-6-11-28)27-16-14-25(15-17-27)24-8-3-1-4-9-24/h1-23H. The molecule has 0 saturated heterocycles. The number of hydrogen-bond donors (Lipinski definition) is 0. The Labute approximate surface area is 225 Å². The van der Waals surface area contributed by atoms with Gasteiger partial charge in [-0.1, -0.05) is 131 Å². The van der Waals surface area contributed by atoms with Gasteiger partial charge in [0.25, 0.3) is 0 Å². The average molecular weight is 539 g/mol. The molecule has 37 heavy (non-hydrogen) atoms. The van der Waals surface area contributed by atoms with Crippen molar-refractivity contribution in [2.24, 2.45) is 0 Å². The molecular formula is C34H23BrN2. The third kappa shape index (κ3) is 5.13. The maximum Gasteiger partial charge on any atom is 0.160 e. The molecule has 0 aliphatic carbocycles. The number of halogens is 1. The Kier molecular flexibility index (Phi) is 6.45. The Hall–Kier alpha value is -4.34. The first-order chi connectivity index (χ1) is 18.2. The van der Waals surface area contributed by atoms with Crippen molar-refractivity contribution in [2.75, 3.05) is 0 Å². The minimum atomic E-state index is 0.717. The Morgan fingerprint density at radius 3 is 1.49 bits per heavy atom. The fraction of sp³-hybridized carbons (Fsp3) is 0. The van der Waals surface area contributed by atoms with Crippen molar-refractivity contribution in [3.05, 3.63) is 144 Å². The molecule has 0 aliphatic rings. The van der Waals surface area contributed by atoms with Crippen LogP contribution < -0.4 is 0 Å². The van der Waals surface area contributed by atoms with Crippen molar-refractivity contribution in [2.45, 2.75) is 0 Å². The van der Waals surface area contributed by atoms with Crippen LogP contribution in [0.25, 0.3) is 56.2 Å². The predicted molar refractivity (Wildman–Crippen MR) is 157 cm³/mol. The molecule has 0 fully saturated rings. The molecule has 0 amide bonds. The van der Waals surface area contributed by atoms with E-state index in [4.69, 9.17) is 9.97 Å². The Balaban J connectivity index is 1.44. The van der Waals surface area contributed by atoms with Gasteiger partial charge in [0, 0.05) is 21.2 Å². The lowest BCUT2D eigenvalue weighted by Gasteiger charge is -2.11. The van der Waals surface area contributed by atoms with Gasteiger partial charge in [-0.3, -0.25) is 0 Å². The molecule has 1 aromatic heterocycles. The molecule has 176 valence electrons. The van der Waals surface area contributed by atoms with E-state index >= 15 is 0 Å². The molecule has 6 rings (SSSR count). The average Bonchev–Trinajstić information content (AvgIpc) is 2.98. The summed E-state index contributed by atoms with van der Waals surface area (Å²) in [6.07, 6.45) is 0. The van der Waals surface area contributed by atoms with E-state index in [-0.39, 0.29) is 0 Å². The number of aromatic nitrogens is 2. The van der Waals surface area contributed by atoms with Crippen LogP contribution in [0.15, 0.2) is 144 Å². The van der Waals surface area contributed by atoms with E-state index in [0.29, 0.717) is 5.82 Å². The van der Waals surface area contributed by atoms with Crippen LogP contribution in [0.5, 0.6) is 0 Å². The van der Waals surface area contributed by atoms with Gasteiger partial charge in [-0.05, 0) is 46.5 Å². The van der Waals surface area contributed by atoms with Crippen LogP contribution in [0, 0.1) is 0 Å². The van der Waals surface area contributed by atoms with Gasteiger partial charge in [0.2, 0.25) is 0 Å². The van der Waals surface area contributed by atoms with Gasteiger partial charge in [-0.2, -0.15) is 0 Å². The summed E-state index contributed by atoms with van der Waals surface area (Å²) in [4.78, 5) is 9.97. The van der Waals surface area contributed by atoms with Crippen molar-refractivity contribution >= 4 is 15.9 Å². The zero-order chi connectivity index (χ0) is 25.0. The van der Waals surface area contributed by atoms with E-state index in [0.717, 1.165) is 38.1 Å². The maximum atomic E-state index is 4.99. The lowest BCUT2D eigenvalue weighted by molar-refractivity contribution is 1.18. The molecular weight excluding hydrogens is 516 g/mol. The fourth-order valence-electron chi connectivity index (χ4n) is 4.42. The summed E-state index contributed by atoms with van der Waals surface area (Å²) in [5, 5.41) is 0. The van der Waals surface area contributed by atoms with E-state index in [1.54, 1.807) is 0 Å². The van der Waals surface area contributed by atoms with Gasteiger partial charge < -0.3 is 0 Å². The second kappa shape index (κ2) is 10.3. The molecule has 0 bridgehead atoms. The van der Waals surface area contributed by atoms with Crippen LogP contribution in [-0.2, 0) is 0 Å². The summed E-state index contributed by atoms with van der Waals surface area (Å²) in [5.74, 6) is 0.717. The van der Waals surface area contributed by atoms with E-state index in [1.807, 2.05) is 24.3 Å². The molecule has 0 aliphatic heterocycles. The van der Waals surface area contributed by atoms with E-state index in [2.05, 4.69) is 131 Å². The lowest BCUT2D eigenvalue weighted by Crippen LogP contribution is -1.96. The van der Waals surface area contributed by atoms with Crippen LogP contribution in [0.1, 0.15) is 0 Å². The Morgan fingerprint density at radius 2 is 0.811 bits per heavy atom. The maximum absolute atomic E-state index is 4.99. The normalized spacial score (nSPS) is 10.8. The Morgan fingerprint density at radius 1 is 0.351 bits per heavy atom.